The van der Waals surface area contributed by atoms with Gasteiger partial charge >= 0.3 is 0 Å². The van der Waals surface area contributed by atoms with Crippen molar-refractivity contribution in [2.75, 3.05) is 26.9 Å². The first-order valence-electron chi connectivity index (χ1n) is 10.5. The molecule has 3 rings (SSSR count). The van der Waals surface area contributed by atoms with Crippen molar-refractivity contribution in [2.24, 2.45) is 0 Å². The third-order valence-electron chi connectivity index (χ3n) is 4.80. The van der Waals surface area contributed by atoms with Crippen LogP contribution in [0.25, 0.3) is 0 Å². The van der Waals surface area contributed by atoms with E-state index < -0.39 is 6.10 Å². The molecule has 0 aliphatic rings. The molecule has 3 aromatic rings. The predicted octanol–water partition coefficient (Wildman–Crippen LogP) is 3.94. The topological polar surface area (TPSA) is 81.4 Å². The standard InChI is InChI=1S/C25H29NO6/c1-3-30-22-7-4-6-19(12-22)14-26(16-23-8-5-11-31-23)15-21(28)18-32-24-10-9-20(17-27)13-25(24)29-2/h4-13,17,21,28H,3,14-16,18H2,1-2H3. The molecule has 0 saturated heterocycles. The summed E-state index contributed by atoms with van der Waals surface area (Å²) < 4.78 is 22.2. The van der Waals surface area contributed by atoms with E-state index in [0.717, 1.165) is 23.4 Å². The van der Waals surface area contributed by atoms with Gasteiger partial charge in [0.25, 0.3) is 0 Å². The first-order chi connectivity index (χ1) is 15.6. The lowest BCUT2D eigenvalue weighted by molar-refractivity contribution is 0.0595. The molecule has 1 heterocycles. The Bertz CT molecular complexity index is 972. The second kappa shape index (κ2) is 11.9. The molecule has 0 spiro atoms. The smallest absolute Gasteiger partial charge is 0.161 e. The fourth-order valence-electron chi connectivity index (χ4n) is 3.38. The number of carbonyl (C=O) groups excluding carboxylic acids is 1. The van der Waals surface area contributed by atoms with E-state index in [1.165, 1.54) is 7.11 Å². The molecule has 1 atom stereocenters. The highest BCUT2D eigenvalue weighted by atomic mass is 16.5. The number of ether oxygens (including phenoxy) is 3. The number of aldehydes is 1. The van der Waals surface area contributed by atoms with E-state index in [1.54, 1.807) is 24.5 Å². The molecule has 32 heavy (non-hydrogen) atoms. The van der Waals surface area contributed by atoms with Crippen LogP contribution in [0.2, 0.25) is 0 Å². The van der Waals surface area contributed by atoms with Crippen molar-refractivity contribution in [3.8, 4) is 17.2 Å². The molecule has 0 radical (unpaired) electrons. The number of aliphatic hydroxyl groups excluding tert-OH is 1. The number of rotatable bonds is 13. The van der Waals surface area contributed by atoms with Crippen LogP contribution < -0.4 is 14.2 Å². The van der Waals surface area contributed by atoms with Crippen LogP contribution in [0.4, 0.5) is 0 Å². The Morgan fingerprint density at radius 2 is 1.94 bits per heavy atom. The molecular weight excluding hydrogens is 410 g/mol. The van der Waals surface area contributed by atoms with Gasteiger partial charge in [0.2, 0.25) is 0 Å². The maximum Gasteiger partial charge on any atom is 0.161 e. The summed E-state index contributed by atoms with van der Waals surface area (Å²) >= 11 is 0. The van der Waals surface area contributed by atoms with Crippen molar-refractivity contribution in [3.63, 3.8) is 0 Å². The Morgan fingerprint density at radius 3 is 2.66 bits per heavy atom. The number of furan rings is 1. The summed E-state index contributed by atoms with van der Waals surface area (Å²) in [6.07, 6.45) is 1.63. The maximum atomic E-state index is 11.0. The van der Waals surface area contributed by atoms with E-state index in [9.17, 15) is 9.90 Å². The van der Waals surface area contributed by atoms with Crippen LogP contribution in [-0.4, -0.2) is 49.3 Å². The molecule has 7 heteroatoms. The quantitative estimate of drug-likeness (QED) is 0.404. The average Bonchev–Trinajstić information content (AvgIpc) is 3.31. The molecule has 1 aromatic heterocycles. The molecule has 0 aliphatic heterocycles. The number of hydrogen-bond donors (Lipinski definition) is 1. The minimum atomic E-state index is -0.754. The van der Waals surface area contributed by atoms with Crippen molar-refractivity contribution in [1.82, 2.24) is 4.90 Å². The Kier molecular flexibility index (Phi) is 8.71. The molecule has 7 nitrogen and oxygen atoms in total. The van der Waals surface area contributed by atoms with Crippen LogP contribution in [0.15, 0.2) is 65.3 Å². The molecule has 1 unspecified atom stereocenters. The summed E-state index contributed by atoms with van der Waals surface area (Å²) in [7, 11) is 1.51. The molecule has 0 aliphatic carbocycles. The number of benzene rings is 2. The van der Waals surface area contributed by atoms with Crippen LogP contribution in [0.1, 0.15) is 28.6 Å². The highest BCUT2D eigenvalue weighted by Gasteiger charge is 2.16. The van der Waals surface area contributed by atoms with Crippen molar-refractivity contribution < 1.29 is 28.5 Å². The molecule has 0 amide bonds. The van der Waals surface area contributed by atoms with Crippen LogP contribution in [-0.2, 0) is 13.1 Å². The monoisotopic (exact) mass is 439 g/mol. The molecule has 170 valence electrons. The van der Waals surface area contributed by atoms with Gasteiger partial charge in [-0.05, 0) is 55.0 Å². The largest absolute Gasteiger partial charge is 0.494 e. The van der Waals surface area contributed by atoms with Crippen molar-refractivity contribution in [1.29, 1.82) is 0 Å². The lowest BCUT2D eigenvalue weighted by Crippen LogP contribution is -2.35. The van der Waals surface area contributed by atoms with E-state index in [4.69, 9.17) is 18.6 Å². The fraction of sp³-hybridized carbons (Fsp3) is 0.320. The first kappa shape index (κ1) is 23.4. The van der Waals surface area contributed by atoms with E-state index in [0.29, 0.717) is 43.3 Å². The number of hydrogen-bond acceptors (Lipinski definition) is 7. The molecule has 1 N–H and O–H groups in total. The lowest BCUT2D eigenvalue weighted by atomic mass is 10.2. The van der Waals surface area contributed by atoms with Gasteiger partial charge in [0.15, 0.2) is 11.5 Å². The Hall–Kier alpha value is -3.29. The van der Waals surface area contributed by atoms with Crippen molar-refractivity contribution in [3.05, 3.63) is 77.7 Å². The molecule has 0 fully saturated rings. The van der Waals surface area contributed by atoms with Crippen LogP contribution in [0, 0.1) is 0 Å². The SMILES string of the molecule is CCOc1cccc(CN(Cc2ccco2)CC(O)COc2ccc(C=O)cc2OC)c1. The molecular formula is C25H29NO6. The first-order valence-corrected chi connectivity index (χ1v) is 10.5. The maximum absolute atomic E-state index is 11.0. The second-order valence-electron chi connectivity index (χ2n) is 7.32. The molecule has 2 aromatic carbocycles. The summed E-state index contributed by atoms with van der Waals surface area (Å²) in [4.78, 5) is 13.0. The van der Waals surface area contributed by atoms with Gasteiger partial charge in [0.1, 0.15) is 30.5 Å². The number of aliphatic hydroxyl groups is 1. The van der Waals surface area contributed by atoms with Crippen molar-refractivity contribution in [2.45, 2.75) is 26.1 Å². The number of methoxy groups -OCH3 is 1. The molecule has 0 saturated carbocycles. The third kappa shape index (κ3) is 6.87. The summed E-state index contributed by atoms with van der Waals surface area (Å²) in [5, 5.41) is 10.7. The number of nitrogens with zero attached hydrogens (tertiary/aromatic N) is 1. The zero-order valence-electron chi connectivity index (χ0n) is 18.4. The summed E-state index contributed by atoms with van der Waals surface area (Å²) in [6, 6.07) is 16.6. The minimum Gasteiger partial charge on any atom is -0.494 e. The van der Waals surface area contributed by atoms with Gasteiger partial charge in [-0.15, -0.1) is 0 Å². The van der Waals surface area contributed by atoms with Crippen LogP contribution >= 0.6 is 0 Å². The zero-order valence-corrected chi connectivity index (χ0v) is 18.4. The van der Waals surface area contributed by atoms with Gasteiger partial charge in [-0.1, -0.05) is 12.1 Å². The summed E-state index contributed by atoms with van der Waals surface area (Å²) in [5.41, 5.74) is 1.57. The third-order valence-corrected chi connectivity index (χ3v) is 4.80. The van der Waals surface area contributed by atoms with Crippen LogP contribution in [0.3, 0.4) is 0 Å². The Balaban J connectivity index is 1.65. The van der Waals surface area contributed by atoms with Gasteiger partial charge in [-0.2, -0.15) is 0 Å². The van der Waals surface area contributed by atoms with Crippen LogP contribution in [0.5, 0.6) is 17.2 Å². The molecule has 0 bridgehead atoms. The highest BCUT2D eigenvalue weighted by Crippen LogP contribution is 2.27. The summed E-state index contributed by atoms with van der Waals surface area (Å²) in [5.74, 6) is 2.55. The lowest BCUT2D eigenvalue weighted by Gasteiger charge is -2.25. The summed E-state index contributed by atoms with van der Waals surface area (Å²) in [6.45, 7) is 4.15. The van der Waals surface area contributed by atoms with E-state index >= 15 is 0 Å². The van der Waals surface area contributed by atoms with Gasteiger partial charge in [-0.25, -0.2) is 0 Å². The highest BCUT2D eigenvalue weighted by molar-refractivity contribution is 5.76. The predicted molar refractivity (Wildman–Crippen MR) is 120 cm³/mol. The minimum absolute atomic E-state index is 0.0738. The normalized spacial score (nSPS) is 11.9. The van der Waals surface area contributed by atoms with Gasteiger partial charge in [0.05, 0.1) is 26.5 Å². The zero-order chi connectivity index (χ0) is 22.8. The second-order valence-corrected chi connectivity index (χ2v) is 7.32. The average molecular weight is 440 g/mol. The van der Waals surface area contributed by atoms with E-state index in [1.807, 2.05) is 43.3 Å². The van der Waals surface area contributed by atoms with Gasteiger partial charge < -0.3 is 23.7 Å². The van der Waals surface area contributed by atoms with Crippen molar-refractivity contribution >= 4 is 6.29 Å². The van der Waals surface area contributed by atoms with E-state index in [2.05, 4.69) is 4.90 Å². The number of carbonyl (C=O) groups is 1. The Morgan fingerprint density at radius 1 is 1.06 bits per heavy atom. The fourth-order valence-corrected chi connectivity index (χ4v) is 3.38. The van der Waals surface area contributed by atoms with Gasteiger partial charge in [-0.3, -0.25) is 9.69 Å². The van der Waals surface area contributed by atoms with Gasteiger partial charge in [0, 0.05) is 18.7 Å². The van der Waals surface area contributed by atoms with E-state index in [-0.39, 0.29) is 6.61 Å². The Labute approximate surface area is 188 Å².